The Hall–Kier alpha value is -0.240. The predicted molar refractivity (Wildman–Crippen MR) is 61.5 cm³/mol. The maximum Gasteiger partial charge on any atom is 0.152 e. The molecule has 0 aromatic rings. The molecular weight excluding hydrogens is 228 g/mol. The zero-order chi connectivity index (χ0) is 12.6. The molecule has 0 fully saturated rings. The minimum Gasteiger partial charge on any atom is -0.379 e. The first-order valence-corrected chi connectivity index (χ1v) is 5.91. The van der Waals surface area contributed by atoms with Crippen molar-refractivity contribution in [3.63, 3.8) is 0 Å². The fourth-order valence-corrected chi connectivity index (χ4v) is 0.934. The Labute approximate surface area is 103 Å². The van der Waals surface area contributed by atoms with Crippen molar-refractivity contribution in [2.24, 2.45) is 0 Å². The van der Waals surface area contributed by atoms with Gasteiger partial charge in [0, 0.05) is 6.61 Å². The fourth-order valence-electron chi connectivity index (χ4n) is 0.934. The molecule has 0 aromatic carbocycles. The van der Waals surface area contributed by atoms with Crippen LogP contribution in [0.1, 0.15) is 19.8 Å². The van der Waals surface area contributed by atoms with Crippen LogP contribution in [0, 0.1) is 0 Å². The second-order valence-electron chi connectivity index (χ2n) is 3.26. The van der Waals surface area contributed by atoms with E-state index in [2.05, 4.69) is 11.7 Å². The lowest BCUT2D eigenvalue weighted by Crippen LogP contribution is -2.12. The Kier molecular flexibility index (Phi) is 15.5. The van der Waals surface area contributed by atoms with Gasteiger partial charge in [-0.2, -0.15) is 0 Å². The van der Waals surface area contributed by atoms with E-state index in [1.165, 1.54) is 0 Å². The van der Waals surface area contributed by atoms with Crippen LogP contribution in [0.5, 0.6) is 0 Å². The van der Waals surface area contributed by atoms with E-state index in [9.17, 15) is 0 Å². The fraction of sp³-hybridized carbons (Fsp3) is 1.00. The second kappa shape index (κ2) is 15.8. The van der Waals surface area contributed by atoms with E-state index in [-0.39, 0.29) is 20.4 Å². The van der Waals surface area contributed by atoms with Gasteiger partial charge in [0.15, 0.2) is 6.79 Å². The van der Waals surface area contributed by atoms with E-state index in [4.69, 9.17) is 24.1 Å². The van der Waals surface area contributed by atoms with Gasteiger partial charge in [0.1, 0.15) is 13.6 Å². The Morgan fingerprint density at radius 3 is 1.94 bits per heavy atom. The van der Waals surface area contributed by atoms with Crippen molar-refractivity contribution in [2.75, 3.05) is 53.4 Å². The SMILES string of the molecule is CCCCOCCOCCOCOCOCO. The van der Waals surface area contributed by atoms with Crippen LogP contribution in [-0.4, -0.2) is 58.5 Å². The number of aliphatic hydroxyl groups excluding tert-OH is 1. The van der Waals surface area contributed by atoms with Crippen LogP contribution in [0.25, 0.3) is 0 Å². The van der Waals surface area contributed by atoms with Crippen molar-refractivity contribution < 1.29 is 28.8 Å². The maximum absolute atomic E-state index is 8.27. The highest BCUT2D eigenvalue weighted by Gasteiger charge is 1.91. The van der Waals surface area contributed by atoms with Gasteiger partial charge < -0.3 is 28.8 Å². The van der Waals surface area contributed by atoms with Gasteiger partial charge in [-0.05, 0) is 6.42 Å². The van der Waals surface area contributed by atoms with Gasteiger partial charge in [0.2, 0.25) is 0 Å². The predicted octanol–water partition coefficient (Wildman–Crippen LogP) is 0.734. The number of ether oxygens (including phenoxy) is 5. The maximum atomic E-state index is 8.27. The van der Waals surface area contributed by atoms with Gasteiger partial charge >= 0.3 is 0 Å². The van der Waals surface area contributed by atoms with Gasteiger partial charge in [-0.1, -0.05) is 13.3 Å². The highest BCUT2D eigenvalue weighted by Crippen LogP contribution is 1.88. The molecule has 0 radical (unpaired) electrons. The van der Waals surface area contributed by atoms with E-state index in [0.717, 1.165) is 19.4 Å². The molecule has 0 bridgehead atoms. The van der Waals surface area contributed by atoms with Crippen LogP contribution < -0.4 is 0 Å². The molecular formula is C11H24O6. The molecule has 0 amide bonds. The van der Waals surface area contributed by atoms with Crippen LogP contribution >= 0.6 is 0 Å². The lowest BCUT2D eigenvalue weighted by molar-refractivity contribution is -0.161. The van der Waals surface area contributed by atoms with Crippen LogP contribution in [0.2, 0.25) is 0 Å². The molecule has 0 aliphatic carbocycles. The summed E-state index contributed by atoms with van der Waals surface area (Å²) in [6.07, 6.45) is 2.24. The Balaban J connectivity index is 2.85. The lowest BCUT2D eigenvalue weighted by atomic mass is 10.4. The molecule has 0 heterocycles. The molecule has 104 valence electrons. The van der Waals surface area contributed by atoms with Crippen molar-refractivity contribution in [3.8, 4) is 0 Å². The van der Waals surface area contributed by atoms with Crippen LogP contribution in [0.3, 0.4) is 0 Å². The van der Waals surface area contributed by atoms with Crippen LogP contribution in [-0.2, 0) is 23.7 Å². The highest BCUT2D eigenvalue weighted by atomic mass is 16.8. The molecule has 0 saturated carbocycles. The molecule has 0 atom stereocenters. The smallest absolute Gasteiger partial charge is 0.152 e. The Morgan fingerprint density at radius 1 is 0.706 bits per heavy atom. The Bertz CT molecular complexity index is 119. The first-order chi connectivity index (χ1) is 8.41. The largest absolute Gasteiger partial charge is 0.379 e. The molecule has 0 aliphatic heterocycles. The quantitative estimate of drug-likeness (QED) is 0.363. The van der Waals surface area contributed by atoms with E-state index in [0.29, 0.717) is 26.4 Å². The minimum atomic E-state index is -0.346. The van der Waals surface area contributed by atoms with Crippen molar-refractivity contribution in [2.45, 2.75) is 19.8 Å². The molecule has 0 aromatic heterocycles. The van der Waals surface area contributed by atoms with Crippen molar-refractivity contribution in [1.29, 1.82) is 0 Å². The molecule has 1 N–H and O–H groups in total. The normalized spacial score (nSPS) is 10.9. The third kappa shape index (κ3) is 15.8. The number of aliphatic hydroxyl groups is 1. The monoisotopic (exact) mass is 252 g/mol. The van der Waals surface area contributed by atoms with Crippen molar-refractivity contribution >= 4 is 0 Å². The summed E-state index contributed by atoms with van der Waals surface area (Å²) in [5.74, 6) is 0. The third-order valence-corrected chi connectivity index (χ3v) is 1.81. The summed E-state index contributed by atoms with van der Waals surface area (Å²) in [5, 5.41) is 8.27. The van der Waals surface area contributed by atoms with Gasteiger partial charge in [-0.15, -0.1) is 0 Å². The average Bonchev–Trinajstić information content (AvgIpc) is 2.35. The van der Waals surface area contributed by atoms with Gasteiger partial charge in [-0.3, -0.25) is 0 Å². The number of unbranched alkanes of at least 4 members (excludes halogenated alkanes) is 1. The molecule has 0 unspecified atom stereocenters. The number of hydrogen-bond acceptors (Lipinski definition) is 6. The van der Waals surface area contributed by atoms with Gasteiger partial charge in [-0.25, -0.2) is 0 Å². The molecule has 6 heteroatoms. The highest BCUT2D eigenvalue weighted by molar-refractivity contribution is 4.34. The van der Waals surface area contributed by atoms with E-state index in [1.807, 2.05) is 0 Å². The molecule has 0 spiro atoms. The summed E-state index contributed by atoms with van der Waals surface area (Å²) >= 11 is 0. The average molecular weight is 252 g/mol. The molecule has 0 aliphatic rings. The molecule has 6 nitrogen and oxygen atoms in total. The Morgan fingerprint density at radius 2 is 1.29 bits per heavy atom. The number of rotatable bonds is 14. The standard InChI is InChI=1S/C11H24O6/c1-2-3-4-13-5-6-14-7-8-15-10-17-11-16-9-12/h12H,2-11H2,1H3. The summed E-state index contributed by atoms with van der Waals surface area (Å²) in [4.78, 5) is 0. The zero-order valence-corrected chi connectivity index (χ0v) is 10.6. The third-order valence-electron chi connectivity index (χ3n) is 1.81. The summed E-state index contributed by atoms with van der Waals surface area (Å²) in [6, 6.07) is 0. The van der Waals surface area contributed by atoms with E-state index >= 15 is 0 Å². The zero-order valence-electron chi connectivity index (χ0n) is 10.6. The van der Waals surface area contributed by atoms with Gasteiger partial charge in [0.25, 0.3) is 0 Å². The summed E-state index contributed by atoms with van der Waals surface area (Å²) < 4.78 is 25.0. The number of hydrogen-bond donors (Lipinski definition) is 1. The first kappa shape index (κ1) is 16.8. The van der Waals surface area contributed by atoms with Crippen LogP contribution in [0.4, 0.5) is 0 Å². The van der Waals surface area contributed by atoms with Crippen LogP contribution in [0.15, 0.2) is 0 Å². The summed E-state index contributed by atoms with van der Waals surface area (Å²) in [7, 11) is 0. The van der Waals surface area contributed by atoms with E-state index < -0.39 is 0 Å². The van der Waals surface area contributed by atoms with Gasteiger partial charge in [0.05, 0.1) is 26.4 Å². The van der Waals surface area contributed by atoms with Crippen molar-refractivity contribution in [1.82, 2.24) is 0 Å². The molecule has 0 rings (SSSR count). The second-order valence-corrected chi connectivity index (χ2v) is 3.26. The van der Waals surface area contributed by atoms with Crippen molar-refractivity contribution in [3.05, 3.63) is 0 Å². The minimum absolute atomic E-state index is 0.0304. The summed E-state index contributed by atoms with van der Waals surface area (Å²) in [5.41, 5.74) is 0. The molecule has 0 saturated heterocycles. The lowest BCUT2D eigenvalue weighted by Gasteiger charge is -2.07. The topological polar surface area (TPSA) is 66.4 Å². The summed E-state index contributed by atoms with van der Waals surface area (Å²) in [6.45, 7) is 4.94. The van der Waals surface area contributed by atoms with E-state index in [1.54, 1.807) is 0 Å². The molecule has 17 heavy (non-hydrogen) atoms. The first-order valence-electron chi connectivity index (χ1n) is 5.91.